The molecule has 4 aliphatic carbocycles. The Kier molecular flexibility index (Phi) is 3.71. The minimum Gasteiger partial charge on any atom is -0.0959 e. The van der Waals surface area contributed by atoms with Gasteiger partial charge in [0.15, 0.2) is 0 Å². The van der Waals surface area contributed by atoms with Crippen molar-refractivity contribution in [3.05, 3.63) is 69.9 Å². The second kappa shape index (κ2) is 5.58. The second-order valence-electron chi connectivity index (χ2n) is 6.56. The summed E-state index contributed by atoms with van der Waals surface area (Å²) >= 11 is 13.6. The van der Waals surface area contributed by atoms with E-state index in [-0.39, 0.29) is 0 Å². The fourth-order valence-corrected chi connectivity index (χ4v) is 4.57. The Hall–Kier alpha value is -0.980. The van der Waals surface area contributed by atoms with Gasteiger partial charge in [-0.1, -0.05) is 59.7 Å². The highest BCUT2D eigenvalue weighted by atomic mass is 35.5. The third-order valence-corrected chi connectivity index (χ3v) is 5.74. The van der Waals surface area contributed by atoms with Crippen LogP contribution in [-0.4, -0.2) is 4.33 Å². The largest absolute Gasteiger partial charge is 0.147 e. The van der Waals surface area contributed by atoms with Gasteiger partial charge in [-0.25, -0.2) is 0 Å². The molecule has 0 aromatic carbocycles. The van der Waals surface area contributed by atoms with E-state index in [0.717, 1.165) is 18.4 Å². The first-order valence-electron chi connectivity index (χ1n) is 8.26. The van der Waals surface area contributed by atoms with Crippen LogP contribution >= 0.6 is 23.2 Å². The van der Waals surface area contributed by atoms with Crippen LogP contribution in [0.25, 0.3) is 0 Å². The fourth-order valence-electron chi connectivity index (χ4n) is 3.95. The number of hydrogen-bond donors (Lipinski definition) is 0. The van der Waals surface area contributed by atoms with Crippen LogP contribution in [0.2, 0.25) is 0 Å². The Labute approximate surface area is 142 Å². The molecule has 4 rings (SSSR count). The van der Waals surface area contributed by atoms with Crippen LogP contribution in [0.5, 0.6) is 0 Å². The zero-order valence-electron chi connectivity index (χ0n) is 12.7. The van der Waals surface area contributed by atoms with Crippen molar-refractivity contribution < 1.29 is 0 Å². The lowest BCUT2D eigenvalue weighted by Crippen LogP contribution is -2.19. The van der Waals surface area contributed by atoms with Crippen molar-refractivity contribution in [2.24, 2.45) is 0 Å². The molecule has 0 nitrogen and oxygen atoms in total. The second-order valence-corrected chi connectivity index (χ2v) is 8.04. The zero-order valence-corrected chi connectivity index (χ0v) is 14.2. The summed E-state index contributed by atoms with van der Waals surface area (Å²) in [6.07, 6.45) is 21.3. The van der Waals surface area contributed by atoms with Crippen LogP contribution in [0.4, 0.5) is 0 Å². The molecule has 0 radical (unpaired) electrons. The maximum atomic E-state index is 6.81. The summed E-state index contributed by atoms with van der Waals surface area (Å²) in [5, 5.41) is 0. The van der Waals surface area contributed by atoms with E-state index in [1.165, 1.54) is 53.5 Å². The Morgan fingerprint density at radius 1 is 0.818 bits per heavy atom. The van der Waals surface area contributed by atoms with E-state index >= 15 is 0 Å². The van der Waals surface area contributed by atoms with Crippen molar-refractivity contribution in [2.45, 2.75) is 49.3 Å². The number of hydrogen-bond acceptors (Lipinski definition) is 0. The third-order valence-electron chi connectivity index (χ3n) is 5.07. The summed E-state index contributed by atoms with van der Waals surface area (Å²) < 4.78 is -0.838. The number of allylic oxidation sites excluding steroid dienone is 12. The van der Waals surface area contributed by atoms with E-state index in [0.29, 0.717) is 6.42 Å². The molecule has 0 atom stereocenters. The SMILES string of the molecule is ClC(Cl)(CC1=CC=C2CCCC=C21)C1=CC=C2CCCC=C21. The van der Waals surface area contributed by atoms with Crippen molar-refractivity contribution in [3.63, 3.8) is 0 Å². The molecule has 0 bridgehead atoms. The van der Waals surface area contributed by atoms with Crippen molar-refractivity contribution in [1.29, 1.82) is 0 Å². The van der Waals surface area contributed by atoms with E-state index in [2.05, 4.69) is 36.5 Å². The van der Waals surface area contributed by atoms with E-state index < -0.39 is 4.33 Å². The number of halogens is 2. The standard InChI is InChI=1S/C20H20Cl2/c21-20(22,19-12-11-15-6-2-4-8-18(15)19)13-16-10-9-14-5-1-3-7-17(14)16/h7-12H,1-6,13H2. The van der Waals surface area contributed by atoms with Gasteiger partial charge in [0.25, 0.3) is 0 Å². The lowest BCUT2D eigenvalue weighted by Gasteiger charge is -2.27. The van der Waals surface area contributed by atoms with E-state index in [1.54, 1.807) is 0 Å². The van der Waals surface area contributed by atoms with Gasteiger partial charge in [-0.05, 0) is 72.0 Å². The van der Waals surface area contributed by atoms with Crippen LogP contribution in [0, 0.1) is 0 Å². The number of alkyl halides is 2. The maximum absolute atomic E-state index is 6.81. The molecule has 0 amide bonds. The Balaban J connectivity index is 1.56. The summed E-state index contributed by atoms with van der Waals surface area (Å²) in [5.74, 6) is 0. The first kappa shape index (κ1) is 14.6. The maximum Gasteiger partial charge on any atom is 0.147 e. The molecule has 0 unspecified atom stereocenters. The molecule has 0 fully saturated rings. The van der Waals surface area contributed by atoms with Gasteiger partial charge in [-0.2, -0.15) is 0 Å². The monoisotopic (exact) mass is 330 g/mol. The first-order chi connectivity index (χ1) is 10.6. The van der Waals surface area contributed by atoms with Crippen LogP contribution in [0.3, 0.4) is 0 Å². The van der Waals surface area contributed by atoms with Crippen molar-refractivity contribution in [3.8, 4) is 0 Å². The van der Waals surface area contributed by atoms with E-state index in [4.69, 9.17) is 23.2 Å². The highest BCUT2D eigenvalue weighted by Crippen LogP contribution is 2.49. The van der Waals surface area contributed by atoms with Gasteiger partial charge < -0.3 is 0 Å². The molecule has 0 saturated heterocycles. The van der Waals surface area contributed by atoms with Gasteiger partial charge in [0.05, 0.1) is 0 Å². The predicted molar refractivity (Wildman–Crippen MR) is 95.3 cm³/mol. The quantitative estimate of drug-likeness (QED) is 0.518. The van der Waals surface area contributed by atoms with Gasteiger partial charge in [0.1, 0.15) is 4.33 Å². The minimum atomic E-state index is -0.838. The average molecular weight is 331 g/mol. The molecular formula is C20H20Cl2. The lowest BCUT2D eigenvalue weighted by atomic mass is 9.87. The molecule has 0 aromatic heterocycles. The third kappa shape index (κ3) is 2.47. The molecule has 2 heteroatoms. The molecule has 0 aliphatic heterocycles. The minimum absolute atomic E-state index is 0.687. The van der Waals surface area contributed by atoms with Crippen LogP contribution < -0.4 is 0 Å². The molecule has 0 heterocycles. The van der Waals surface area contributed by atoms with Crippen molar-refractivity contribution in [1.82, 2.24) is 0 Å². The topological polar surface area (TPSA) is 0 Å². The molecule has 0 spiro atoms. The van der Waals surface area contributed by atoms with Crippen LogP contribution in [0.15, 0.2) is 69.9 Å². The lowest BCUT2D eigenvalue weighted by molar-refractivity contribution is 0.785. The molecule has 4 aliphatic rings. The number of rotatable bonds is 3. The molecule has 0 saturated carbocycles. The van der Waals surface area contributed by atoms with Crippen molar-refractivity contribution >= 4 is 23.2 Å². The van der Waals surface area contributed by atoms with Gasteiger partial charge in [0, 0.05) is 6.42 Å². The van der Waals surface area contributed by atoms with Gasteiger partial charge in [0.2, 0.25) is 0 Å². The Morgan fingerprint density at radius 3 is 2.23 bits per heavy atom. The Bertz CT molecular complexity index is 693. The summed E-state index contributed by atoms with van der Waals surface area (Å²) in [5.41, 5.74) is 7.94. The first-order valence-corrected chi connectivity index (χ1v) is 9.01. The van der Waals surface area contributed by atoms with Crippen LogP contribution in [-0.2, 0) is 0 Å². The van der Waals surface area contributed by atoms with Gasteiger partial charge >= 0.3 is 0 Å². The normalized spacial score (nSPS) is 23.7. The number of fused-ring (bicyclic) bond motifs is 2. The smallest absolute Gasteiger partial charge is 0.0959 e. The van der Waals surface area contributed by atoms with Crippen LogP contribution in [0.1, 0.15) is 44.9 Å². The molecular weight excluding hydrogens is 311 g/mol. The van der Waals surface area contributed by atoms with Gasteiger partial charge in [-0.3, -0.25) is 0 Å². The highest BCUT2D eigenvalue weighted by Gasteiger charge is 2.37. The molecule has 22 heavy (non-hydrogen) atoms. The summed E-state index contributed by atoms with van der Waals surface area (Å²) in [7, 11) is 0. The van der Waals surface area contributed by atoms with Crippen molar-refractivity contribution in [2.75, 3.05) is 0 Å². The summed E-state index contributed by atoms with van der Waals surface area (Å²) in [4.78, 5) is 0. The average Bonchev–Trinajstić information content (AvgIpc) is 3.12. The summed E-state index contributed by atoms with van der Waals surface area (Å²) in [6, 6.07) is 0. The van der Waals surface area contributed by atoms with E-state index in [1.807, 2.05) is 0 Å². The Morgan fingerprint density at radius 2 is 1.45 bits per heavy atom. The fraction of sp³-hybridized carbons (Fsp3) is 0.400. The highest BCUT2D eigenvalue weighted by molar-refractivity contribution is 6.51. The predicted octanol–water partition coefficient (Wildman–Crippen LogP) is 6.50. The van der Waals surface area contributed by atoms with E-state index in [9.17, 15) is 0 Å². The molecule has 114 valence electrons. The van der Waals surface area contributed by atoms with Gasteiger partial charge in [-0.15, -0.1) is 0 Å². The summed E-state index contributed by atoms with van der Waals surface area (Å²) in [6.45, 7) is 0. The molecule has 0 aromatic rings. The zero-order chi connectivity index (χ0) is 15.2. The molecule has 0 N–H and O–H groups in total.